The highest BCUT2D eigenvalue weighted by atomic mass is 16.1. The van der Waals surface area contributed by atoms with E-state index in [1.165, 1.54) is 19.3 Å². The molecular formula is C10H18O. The highest BCUT2D eigenvalue weighted by Crippen LogP contribution is 2.40. The SMILES string of the molecule is CCC1(C)CCCC(C=O)C1. The smallest absolute Gasteiger partial charge is 0.123 e. The van der Waals surface area contributed by atoms with Crippen LogP contribution in [0, 0.1) is 11.3 Å². The Balaban J connectivity index is 2.51. The van der Waals surface area contributed by atoms with Gasteiger partial charge in [0.25, 0.3) is 0 Å². The zero-order valence-electron chi connectivity index (χ0n) is 7.60. The van der Waals surface area contributed by atoms with E-state index < -0.39 is 0 Å². The van der Waals surface area contributed by atoms with Crippen LogP contribution in [0.5, 0.6) is 0 Å². The predicted octanol–water partition coefficient (Wildman–Crippen LogP) is 2.79. The first-order valence-corrected chi connectivity index (χ1v) is 4.65. The minimum atomic E-state index is 0.355. The molecule has 1 aliphatic carbocycles. The summed E-state index contributed by atoms with van der Waals surface area (Å²) in [5.74, 6) is 0.355. The second-order valence-electron chi connectivity index (χ2n) is 4.16. The fourth-order valence-corrected chi connectivity index (χ4v) is 2.07. The van der Waals surface area contributed by atoms with Crippen LogP contribution in [0.2, 0.25) is 0 Å². The third kappa shape index (κ3) is 2.05. The molecule has 1 heteroatoms. The number of hydrogen-bond donors (Lipinski definition) is 0. The van der Waals surface area contributed by atoms with Crippen LogP contribution in [-0.4, -0.2) is 6.29 Å². The Morgan fingerprint density at radius 2 is 2.36 bits per heavy atom. The van der Waals surface area contributed by atoms with Gasteiger partial charge < -0.3 is 4.79 Å². The molecule has 1 fully saturated rings. The van der Waals surface area contributed by atoms with Crippen molar-refractivity contribution in [2.75, 3.05) is 0 Å². The van der Waals surface area contributed by atoms with E-state index in [-0.39, 0.29) is 0 Å². The van der Waals surface area contributed by atoms with E-state index in [2.05, 4.69) is 13.8 Å². The van der Waals surface area contributed by atoms with Crippen molar-refractivity contribution in [2.24, 2.45) is 11.3 Å². The average molecular weight is 154 g/mol. The zero-order chi connectivity index (χ0) is 8.32. The first kappa shape index (κ1) is 8.76. The molecule has 11 heavy (non-hydrogen) atoms. The second-order valence-corrected chi connectivity index (χ2v) is 4.16. The summed E-state index contributed by atoms with van der Waals surface area (Å²) in [6.45, 7) is 4.54. The minimum absolute atomic E-state index is 0.355. The van der Waals surface area contributed by atoms with Gasteiger partial charge in [0.2, 0.25) is 0 Å². The maximum Gasteiger partial charge on any atom is 0.123 e. The van der Waals surface area contributed by atoms with Crippen molar-refractivity contribution in [3.63, 3.8) is 0 Å². The number of carbonyl (C=O) groups is 1. The molecule has 0 heterocycles. The van der Waals surface area contributed by atoms with Gasteiger partial charge in [0.1, 0.15) is 6.29 Å². The Morgan fingerprint density at radius 1 is 1.64 bits per heavy atom. The Bertz CT molecular complexity index is 142. The number of hydrogen-bond acceptors (Lipinski definition) is 1. The minimum Gasteiger partial charge on any atom is -0.303 e. The summed E-state index contributed by atoms with van der Waals surface area (Å²) >= 11 is 0. The molecule has 0 aromatic rings. The molecule has 0 radical (unpaired) electrons. The van der Waals surface area contributed by atoms with Gasteiger partial charge in [-0.05, 0) is 24.7 Å². The first-order chi connectivity index (χ1) is 5.20. The van der Waals surface area contributed by atoms with Gasteiger partial charge >= 0.3 is 0 Å². The summed E-state index contributed by atoms with van der Waals surface area (Å²) < 4.78 is 0. The van der Waals surface area contributed by atoms with Gasteiger partial charge in [-0.2, -0.15) is 0 Å². The van der Waals surface area contributed by atoms with Crippen LogP contribution >= 0.6 is 0 Å². The van der Waals surface area contributed by atoms with Gasteiger partial charge in [-0.1, -0.05) is 26.7 Å². The lowest BCUT2D eigenvalue weighted by atomic mass is 9.70. The van der Waals surface area contributed by atoms with Gasteiger partial charge in [0.05, 0.1) is 0 Å². The van der Waals surface area contributed by atoms with Gasteiger partial charge in [-0.15, -0.1) is 0 Å². The summed E-state index contributed by atoms with van der Waals surface area (Å²) in [5.41, 5.74) is 0.462. The van der Waals surface area contributed by atoms with Crippen LogP contribution in [0.15, 0.2) is 0 Å². The number of aldehydes is 1. The average Bonchev–Trinajstić information content (AvgIpc) is 2.05. The van der Waals surface area contributed by atoms with Crippen LogP contribution < -0.4 is 0 Å². The van der Waals surface area contributed by atoms with Crippen LogP contribution in [0.25, 0.3) is 0 Å². The molecule has 0 N–H and O–H groups in total. The quantitative estimate of drug-likeness (QED) is 0.559. The molecule has 0 amide bonds. The fourth-order valence-electron chi connectivity index (χ4n) is 2.07. The fraction of sp³-hybridized carbons (Fsp3) is 0.900. The van der Waals surface area contributed by atoms with E-state index in [9.17, 15) is 4.79 Å². The van der Waals surface area contributed by atoms with Crippen LogP contribution in [-0.2, 0) is 4.79 Å². The van der Waals surface area contributed by atoms with E-state index >= 15 is 0 Å². The van der Waals surface area contributed by atoms with Gasteiger partial charge in [0.15, 0.2) is 0 Å². The molecule has 2 unspecified atom stereocenters. The van der Waals surface area contributed by atoms with Crippen molar-refractivity contribution < 1.29 is 4.79 Å². The maximum atomic E-state index is 10.6. The molecule has 2 atom stereocenters. The molecule has 0 aromatic heterocycles. The molecule has 0 aromatic carbocycles. The van der Waals surface area contributed by atoms with Crippen molar-refractivity contribution >= 4 is 6.29 Å². The van der Waals surface area contributed by atoms with E-state index in [1.807, 2.05) is 0 Å². The van der Waals surface area contributed by atoms with Crippen LogP contribution in [0.3, 0.4) is 0 Å². The lowest BCUT2D eigenvalue weighted by molar-refractivity contribution is -0.113. The van der Waals surface area contributed by atoms with Gasteiger partial charge in [-0.25, -0.2) is 0 Å². The molecule has 1 nitrogen and oxygen atoms in total. The van der Waals surface area contributed by atoms with Crippen molar-refractivity contribution in [1.29, 1.82) is 0 Å². The molecule has 0 aliphatic heterocycles. The molecule has 1 aliphatic rings. The number of carbonyl (C=O) groups excluding carboxylic acids is 1. The maximum absolute atomic E-state index is 10.6. The van der Waals surface area contributed by atoms with E-state index in [0.29, 0.717) is 11.3 Å². The topological polar surface area (TPSA) is 17.1 Å². The van der Waals surface area contributed by atoms with Crippen molar-refractivity contribution in [1.82, 2.24) is 0 Å². The van der Waals surface area contributed by atoms with Crippen molar-refractivity contribution in [2.45, 2.75) is 46.0 Å². The predicted molar refractivity (Wildman–Crippen MR) is 46.4 cm³/mol. The van der Waals surface area contributed by atoms with Crippen molar-refractivity contribution in [3.8, 4) is 0 Å². The molecule has 1 saturated carbocycles. The third-order valence-electron chi connectivity index (χ3n) is 3.16. The zero-order valence-corrected chi connectivity index (χ0v) is 7.60. The summed E-state index contributed by atoms with van der Waals surface area (Å²) in [6, 6.07) is 0. The Morgan fingerprint density at radius 3 is 2.91 bits per heavy atom. The summed E-state index contributed by atoms with van der Waals surface area (Å²) in [6.07, 6.45) is 7.16. The monoisotopic (exact) mass is 154 g/mol. The van der Waals surface area contributed by atoms with E-state index in [1.54, 1.807) is 0 Å². The number of rotatable bonds is 2. The molecule has 1 rings (SSSR count). The lowest BCUT2D eigenvalue weighted by Crippen LogP contribution is -2.25. The van der Waals surface area contributed by atoms with Gasteiger partial charge in [0, 0.05) is 5.92 Å². The molecule has 0 spiro atoms. The molecule has 0 saturated heterocycles. The van der Waals surface area contributed by atoms with Crippen LogP contribution in [0.1, 0.15) is 46.0 Å². The molecule has 64 valence electrons. The Hall–Kier alpha value is -0.330. The lowest BCUT2D eigenvalue weighted by Gasteiger charge is -2.35. The standard InChI is InChI=1S/C10H18O/c1-3-10(2)6-4-5-9(7-10)8-11/h8-9H,3-7H2,1-2H3. The first-order valence-electron chi connectivity index (χ1n) is 4.65. The normalized spacial score (nSPS) is 38.5. The molecule has 0 bridgehead atoms. The Kier molecular flexibility index (Phi) is 2.69. The summed E-state index contributed by atoms with van der Waals surface area (Å²) in [7, 11) is 0. The van der Waals surface area contributed by atoms with E-state index in [4.69, 9.17) is 0 Å². The molecular weight excluding hydrogens is 136 g/mol. The summed E-state index contributed by atoms with van der Waals surface area (Å²) in [4.78, 5) is 10.6. The second kappa shape index (κ2) is 3.38. The van der Waals surface area contributed by atoms with Crippen LogP contribution in [0.4, 0.5) is 0 Å². The van der Waals surface area contributed by atoms with Gasteiger partial charge in [-0.3, -0.25) is 0 Å². The Labute approximate surface area is 69.2 Å². The van der Waals surface area contributed by atoms with E-state index in [0.717, 1.165) is 19.1 Å². The largest absolute Gasteiger partial charge is 0.303 e. The summed E-state index contributed by atoms with van der Waals surface area (Å²) in [5, 5.41) is 0. The third-order valence-corrected chi connectivity index (χ3v) is 3.16. The van der Waals surface area contributed by atoms with Crippen molar-refractivity contribution in [3.05, 3.63) is 0 Å². The highest BCUT2D eigenvalue weighted by molar-refractivity contribution is 5.53. The highest BCUT2D eigenvalue weighted by Gasteiger charge is 2.29.